The summed E-state index contributed by atoms with van der Waals surface area (Å²) in [7, 11) is 0. The fourth-order valence-corrected chi connectivity index (χ4v) is 5.80. The van der Waals surface area contributed by atoms with Crippen LogP contribution < -0.4 is 0 Å². The lowest BCUT2D eigenvalue weighted by Crippen LogP contribution is -2.26. The quantitative estimate of drug-likeness (QED) is 0.192. The average molecular weight is 537 g/mol. The Bertz CT molecular complexity index is 1200. The molecule has 0 unspecified atom stereocenters. The van der Waals surface area contributed by atoms with Crippen LogP contribution in [0.5, 0.6) is 0 Å². The van der Waals surface area contributed by atoms with Crippen molar-refractivity contribution in [2.45, 2.75) is 101 Å². The fraction of sp³-hybridized carbons (Fsp3) is 0.450. The van der Waals surface area contributed by atoms with Gasteiger partial charge >= 0.3 is 0 Å². The van der Waals surface area contributed by atoms with Crippen molar-refractivity contribution in [3.63, 3.8) is 0 Å². The van der Waals surface area contributed by atoms with Crippen LogP contribution in [-0.4, -0.2) is 0 Å². The van der Waals surface area contributed by atoms with Gasteiger partial charge in [0.1, 0.15) is 0 Å². The molecule has 0 N–H and O–H groups in total. The SMILES string of the molecule is CC1=CCCC(C)(C)[C@H]1/C=C/C(C)=C/C=C\C(C)=C\C=C/C=C(C)\C=C/C=C(C)/C=C/C1=C(C)CCCC1(C)C. The Kier molecular flexibility index (Phi) is 13.2. The van der Waals surface area contributed by atoms with Crippen molar-refractivity contribution in [1.29, 1.82) is 0 Å². The second-order valence-electron chi connectivity index (χ2n) is 13.3. The minimum atomic E-state index is 0.291. The third-order valence-corrected chi connectivity index (χ3v) is 8.46. The van der Waals surface area contributed by atoms with E-state index >= 15 is 0 Å². The first kappa shape index (κ1) is 33.3. The molecule has 1 atom stereocenters. The Morgan fingerprint density at radius 3 is 1.77 bits per heavy atom. The molecule has 0 aliphatic heterocycles. The summed E-state index contributed by atoms with van der Waals surface area (Å²) in [5, 5.41) is 0. The van der Waals surface area contributed by atoms with Crippen LogP contribution in [0.1, 0.15) is 101 Å². The van der Waals surface area contributed by atoms with Crippen LogP contribution in [0, 0.1) is 16.7 Å². The van der Waals surface area contributed by atoms with Crippen LogP contribution in [-0.2, 0) is 0 Å². The van der Waals surface area contributed by atoms with Gasteiger partial charge in [0.05, 0.1) is 0 Å². The zero-order valence-corrected chi connectivity index (χ0v) is 27.3. The maximum Gasteiger partial charge on any atom is 0.00285 e. The fourth-order valence-electron chi connectivity index (χ4n) is 5.80. The Morgan fingerprint density at radius 2 is 1.23 bits per heavy atom. The molecule has 0 aromatic carbocycles. The lowest BCUT2D eigenvalue weighted by Gasteiger charge is -2.36. The van der Waals surface area contributed by atoms with Crippen molar-refractivity contribution in [2.75, 3.05) is 0 Å². The average Bonchev–Trinajstić information content (AvgIpc) is 2.85. The summed E-state index contributed by atoms with van der Waals surface area (Å²) in [6.45, 7) is 22.7. The van der Waals surface area contributed by atoms with Crippen LogP contribution >= 0.6 is 0 Å². The van der Waals surface area contributed by atoms with Gasteiger partial charge in [-0.1, -0.05) is 152 Å². The molecular formula is C40H56. The Hall–Kier alpha value is -2.86. The van der Waals surface area contributed by atoms with E-state index in [1.807, 2.05) is 0 Å². The molecular weight excluding hydrogens is 480 g/mol. The molecule has 0 amide bonds. The zero-order chi connectivity index (χ0) is 29.8. The molecule has 0 aromatic rings. The predicted octanol–water partition coefficient (Wildman–Crippen LogP) is 12.5. The summed E-state index contributed by atoms with van der Waals surface area (Å²) in [6, 6.07) is 0. The first-order chi connectivity index (χ1) is 18.8. The summed E-state index contributed by atoms with van der Waals surface area (Å²) in [4.78, 5) is 0. The van der Waals surface area contributed by atoms with Crippen LogP contribution in [0.2, 0.25) is 0 Å². The van der Waals surface area contributed by atoms with Gasteiger partial charge in [-0.25, -0.2) is 0 Å². The third kappa shape index (κ3) is 11.3. The van der Waals surface area contributed by atoms with Gasteiger partial charge in [-0.05, 0) is 90.0 Å². The zero-order valence-electron chi connectivity index (χ0n) is 27.3. The van der Waals surface area contributed by atoms with Crippen molar-refractivity contribution in [3.8, 4) is 0 Å². The second kappa shape index (κ2) is 15.8. The number of rotatable bonds is 10. The highest BCUT2D eigenvalue weighted by Crippen LogP contribution is 2.42. The van der Waals surface area contributed by atoms with Gasteiger partial charge in [-0.15, -0.1) is 0 Å². The first-order valence-electron chi connectivity index (χ1n) is 15.3. The number of hydrogen-bond acceptors (Lipinski definition) is 0. The molecule has 0 fully saturated rings. The summed E-state index contributed by atoms with van der Waals surface area (Å²) < 4.78 is 0. The van der Waals surface area contributed by atoms with Gasteiger partial charge < -0.3 is 0 Å². The van der Waals surface area contributed by atoms with Crippen LogP contribution in [0.4, 0.5) is 0 Å². The van der Waals surface area contributed by atoms with E-state index in [4.69, 9.17) is 0 Å². The summed E-state index contributed by atoms with van der Waals surface area (Å²) in [5.74, 6) is 0.532. The molecule has 0 nitrogen and oxygen atoms in total. The molecule has 0 heterocycles. The topological polar surface area (TPSA) is 0 Å². The van der Waals surface area contributed by atoms with E-state index < -0.39 is 0 Å². The molecule has 2 rings (SSSR count). The molecule has 0 spiro atoms. The van der Waals surface area contributed by atoms with Crippen LogP contribution in [0.3, 0.4) is 0 Å². The lowest BCUT2D eigenvalue weighted by atomic mass is 9.68. The van der Waals surface area contributed by atoms with E-state index in [9.17, 15) is 0 Å². The van der Waals surface area contributed by atoms with Crippen molar-refractivity contribution in [3.05, 3.63) is 130 Å². The molecule has 0 radical (unpaired) electrons. The largest absolute Gasteiger partial charge is 0.0850 e. The van der Waals surface area contributed by atoms with E-state index in [0.717, 1.165) is 0 Å². The molecule has 40 heavy (non-hydrogen) atoms. The van der Waals surface area contributed by atoms with Crippen molar-refractivity contribution in [2.24, 2.45) is 16.7 Å². The molecule has 216 valence electrons. The van der Waals surface area contributed by atoms with Crippen molar-refractivity contribution in [1.82, 2.24) is 0 Å². The molecule has 2 aliphatic carbocycles. The van der Waals surface area contributed by atoms with Crippen LogP contribution in [0.25, 0.3) is 0 Å². The van der Waals surface area contributed by atoms with Gasteiger partial charge in [0.25, 0.3) is 0 Å². The van der Waals surface area contributed by atoms with E-state index in [-0.39, 0.29) is 0 Å². The van der Waals surface area contributed by atoms with Crippen LogP contribution in [0.15, 0.2) is 130 Å². The Labute approximate surface area is 247 Å². The smallest absolute Gasteiger partial charge is 0.00285 e. The second-order valence-corrected chi connectivity index (χ2v) is 13.3. The number of allylic oxidation sites excluding steroid dienone is 22. The van der Waals surface area contributed by atoms with Gasteiger partial charge in [0.2, 0.25) is 0 Å². The minimum absolute atomic E-state index is 0.291. The van der Waals surface area contributed by atoms with Gasteiger partial charge in [-0.3, -0.25) is 0 Å². The van der Waals surface area contributed by atoms with E-state index in [1.54, 1.807) is 5.57 Å². The summed E-state index contributed by atoms with van der Waals surface area (Å²) in [5.41, 5.74) is 10.2. The number of hydrogen-bond donors (Lipinski definition) is 0. The monoisotopic (exact) mass is 536 g/mol. The standard InChI is InChI=1S/C40H56/c1-31(19-13-21-33(3)25-27-37-35(5)23-15-29-39(37,7)8)17-11-12-18-32(2)20-14-22-34(4)26-28-38-36(6)24-16-30-40(38,9)10/h11-14,17-23,25-28,37H,15-16,24,29-30H2,1-10H3/b12-11-,19-13-,20-14-,27-25+,28-26+,31-17+,32-18-,33-21+,34-22+/t37-/m0/s1. The van der Waals surface area contributed by atoms with Gasteiger partial charge in [0, 0.05) is 5.92 Å². The van der Waals surface area contributed by atoms with E-state index in [2.05, 4.69) is 160 Å². The maximum absolute atomic E-state index is 2.41. The predicted molar refractivity (Wildman–Crippen MR) is 181 cm³/mol. The minimum Gasteiger partial charge on any atom is -0.0850 e. The summed E-state index contributed by atoms with van der Waals surface area (Å²) >= 11 is 0. The highest BCUT2D eigenvalue weighted by molar-refractivity contribution is 5.37. The van der Waals surface area contributed by atoms with Gasteiger partial charge in [-0.2, -0.15) is 0 Å². The lowest BCUT2D eigenvalue weighted by molar-refractivity contribution is 0.255. The highest BCUT2D eigenvalue weighted by atomic mass is 14.3. The first-order valence-corrected chi connectivity index (χ1v) is 15.3. The molecule has 0 bridgehead atoms. The highest BCUT2D eigenvalue weighted by Gasteiger charge is 2.30. The maximum atomic E-state index is 2.41. The molecule has 2 aliphatic rings. The van der Waals surface area contributed by atoms with E-state index in [0.29, 0.717) is 16.7 Å². The third-order valence-electron chi connectivity index (χ3n) is 8.46. The molecule has 0 saturated carbocycles. The van der Waals surface area contributed by atoms with E-state index in [1.165, 1.54) is 65.5 Å². The molecule has 0 aromatic heterocycles. The van der Waals surface area contributed by atoms with Crippen molar-refractivity contribution < 1.29 is 0 Å². The normalized spacial score (nSPS) is 23.6. The summed E-state index contributed by atoms with van der Waals surface area (Å²) in [6.07, 6.45) is 39.5. The Balaban J connectivity index is 1.88. The molecule has 0 heteroatoms. The molecule has 0 saturated heterocycles. The van der Waals surface area contributed by atoms with Gasteiger partial charge in [0.15, 0.2) is 0 Å². The van der Waals surface area contributed by atoms with Crippen molar-refractivity contribution >= 4 is 0 Å². The Morgan fingerprint density at radius 1 is 0.700 bits per heavy atom.